The molecule has 1 saturated heterocycles. The minimum Gasteiger partial charge on any atom is -0.490 e. The highest BCUT2D eigenvalue weighted by Crippen LogP contribution is 2.30. The smallest absolute Gasteiger partial charge is 0.142 e. The number of benzene rings is 1. The van der Waals surface area contributed by atoms with Crippen LogP contribution in [0.4, 0.5) is 5.69 Å². The zero-order valence-electron chi connectivity index (χ0n) is 13.6. The quantitative estimate of drug-likeness (QED) is 0.918. The van der Waals surface area contributed by atoms with Gasteiger partial charge in [0.2, 0.25) is 0 Å². The van der Waals surface area contributed by atoms with Gasteiger partial charge in [-0.15, -0.1) is 0 Å². The Balaban J connectivity index is 1.70. The molecule has 3 unspecified atom stereocenters. The molecule has 0 amide bonds. The first-order valence-electron chi connectivity index (χ1n) is 8.42. The fourth-order valence-corrected chi connectivity index (χ4v) is 4.07. The maximum absolute atomic E-state index is 5.66. The number of nitrogens with zero attached hydrogens (tertiary/aromatic N) is 1. The van der Waals surface area contributed by atoms with E-state index in [1.807, 2.05) is 0 Å². The highest BCUT2D eigenvalue weighted by Gasteiger charge is 2.28. The van der Waals surface area contributed by atoms with Crippen molar-refractivity contribution in [3.05, 3.63) is 23.8 Å². The third-order valence-corrected chi connectivity index (χ3v) is 5.02. The first-order valence-corrected chi connectivity index (χ1v) is 8.42. The number of ether oxygens (including phenoxy) is 1. The van der Waals surface area contributed by atoms with Crippen LogP contribution in [0.25, 0.3) is 0 Å². The Morgan fingerprint density at radius 1 is 1.29 bits per heavy atom. The van der Waals surface area contributed by atoms with E-state index in [0.29, 0.717) is 18.1 Å². The van der Waals surface area contributed by atoms with E-state index in [-0.39, 0.29) is 0 Å². The summed E-state index contributed by atoms with van der Waals surface area (Å²) in [5, 5.41) is 3.43. The average Bonchev–Trinajstić information content (AvgIpc) is 2.47. The molecule has 2 aliphatic heterocycles. The van der Waals surface area contributed by atoms with Gasteiger partial charge in [0.1, 0.15) is 12.4 Å². The Bertz CT molecular complexity index is 478. The Morgan fingerprint density at radius 3 is 2.81 bits per heavy atom. The molecule has 3 rings (SSSR count). The Morgan fingerprint density at radius 2 is 2.05 bits per heavy atom. The van der Waals surface area contributed by atoms with Crippen molar-refractivity contribution in [3.8, 4) is 5.75 Å². The van der Waals surface area contributed by atoms with Gasteiger partial charge in [0.05, 0.1) is 5.69 Å². The standard InChI is InChI=1S/C18H28N2O/c1-13-5-4-6-14(2)20(13)15(3)11-16-7-8-18-17(12-16)19-9-10-21-18/h7-8,12-15,19H,4-6,9-11H2,1-3H3. The highest BCUT2D eigenvalue weighted by atomic mass is 16.5. The van der Waals surface area contributed by atoms with E-state index in [1.165, 1.54) is 24.8 Å². The van der Waals surface area contributed by atoms with Crippen LogP contribution in [-0.4, -0.2) is 36.2 Å². The molecule has 3 atom stereocenters. The molecule has 3 nitrogen and oxygen atoms in total. The largest absolute Gasteiger partial charge is 0.490 e. The molecule has 0 bridgehead atoms. The van der Waals surface area contributed by atoms with Gasteiger partial charge in [-0.05, 0) is 57.7 Å². The first kappa shape index (κ1) is 14.7. The second-order valence-electron chi connectivity index (χ2n) is 6.74. The molecule has 116 valence electrons. The van der Waals surface area contributed by atoms with E-state index < -0.39 is 0 Å². The predicted molar refractivity (Wildman–Crippen MR) is 88.2 cm³/mol. The molecule has 0 aromatic heterocycles. The molecule has 0 spiro atoms. The number of hydrogen-bond donors (Lipinski definition) is 1. The summed E-state index contributed by atoms with van der Waals surface area (Å²) in [5.74, 6) is 0.998. The van der Waals surface area contributed by atoms with E-state index in [1.54, 1.807) is 0 Å². The zero-order chi connectivity index (χ0) is 14.8. The van der Waals surface area contributed by atoms with Crippen LogP contribution in [0.3, 0.4) is 0 Å². The summed E-state index contributed by atoms with van der Waals surface area (Å²) < 4.78 is 5.66. The van der Waals surface area contributed by atoms with Crippen LogP contribution in [0, 0.1) is 0 Å². The summed E-state index contributed by atoms with van der Waals surface area (Å²) in [6.07, 6.45) is 5.18. The summed E-state index contributed by atoms with van der Waals surface area (Å²) >= 11 is 0. The summed E-state index contributed by atoms with van der Waals surface area (Å²) in [5.41, 5.74) is 2.56. The molecule has 0 aliphatic carbocycles. The van der Waals surface area contributed by atoms with E-state index in [2.05, 4.69) is 49.2 Å². The maximum Gasteiger partial charge on any atom is 0.142 e. The van der Waals surface area contributed by atoms with Crippen molar-refractivity contribution in [2.75, 3.05) is 18.5 Å². The number of rotatable bonds is 3. The van der Waals surface area contributed by atoms with Crippen molar-refractivity contribution < 1.29 is 4.74 Å². The van der Waals surface area contributed by atoms with Crippen LogP contribution in [0.2, 0.25) is 0 Å². The van der Waals surface area contributed by atoms with Crippen LogP contribution in [-0.2, 0) is 6.42 Å². The minimum atomic E-state index is 0.595. The van der Waals surface area contributed by atoms with Gasteiger partial charge in [0, 0.05) is 24.7 Å². The van der Waals surface area contributed by atoms with E-state index in [0.717, 1.165) is 31.0 Å². The van der Waals surface area contributed by atoms with Gasteiger partial charge in [0.15, 0.2) is 0 Å². The highest BCUT2D eigenvalue weighted by molar-refractivity contribution is 5.59. The van der Waals surface area contributed by atoms with Crippen LogP contribution < -0.4 is 10.1 Å². The molecule has 2 heterocycles. The predicted octanol–water partition coefficient (Wildman–Crippen LogP) is 3.68. The molecule has 1 aromatic rings. The number of piperidine rings is 1. The van der Waals surface area contributed by atoms with Crippen LogP contribution >= 0.6 is 0 Å². The lowest BCUT2D eigenvalue weighted by atomic mass is 9.93. The summed E-state index contributed by atoms with van der Waals surface area (Å²) in [7, 11) is 0. The normalized spacial score (nSPS) is 27.4. The second-order valence-corrected chi connectivity index (χ2v) is 6.74. The lowest BCUT2D eigenvalue weighted by Gasteiger charge is -2.43. The van der Waals surface area contributed by atoms with E-state index in [9.17, 15) is 0 Å². The molecule has 21 heavy (non-hydrogen) atoms. The molecule has 1 N–H and O–H groups in total. The molecular weight excluding hydrogens is 260 g/mol. The molecule has 3 heteroatoms. The molecule has 1 fully saturated rings. The Labute approximate surface area is 128 Å². The van der Waals surface area contributed by atoms with Gasteiger partial charge in [-0.1, -0.05) is 12.5 Å². The summed E-state index contributed by atoms with van der Waals surface area (Å²) in [6.45, 7) is 8.82. The van der Waals surface area contributed by atoms with Crippen molar-refractivity contribution >= 4 is 5.69 Å². The third kappa shape index (κ3) is 3.18. The van der Waals surface area contributed by atoms with Gasteiger partial charge < -0.3 is 10.1 Å². The maximum atomic E-state index is 5.66. The first-order chi connectivity index (χ1) is 10.1. The van der Waals surface area contributed by atoms with Gasteiger partial charge >= 0.3 is 0 Å². The third-order valence-electron chi connectivity index (χ3n) is 5.02. The lowest BCUT2D eigenvalue weighted by molar-refractivity contribution is 0.0628. The number of hydrogen-bond acceptors (Lipinski definition) is 3. The number of nitrogens with one attached hydrogen (secondary N) is 1. The second kappa shape index (κ2) is 6.27. The summed E-state index contributed by atoms with van der Waals surface area (Å²) in [4.78, 5) is 2.72. The van der Waals surface area contributed by atoms with Gasteiger partial charge in [0.25, 0.3) is 0 Å². The SMILES string of the molecule is CC1CCCC(C)N1C(C)Cc1ccc2c(c1)NCCO2. The fraction of sp³-hybridized carbons (Fsp3) is 0.667. The molecule has 2 aliphatic rings. The Kier molecular flexibility index (Phi) is 4.39. The van der Waals surface area contributed by atoms with Crippen molar-refractivity contribution in [2.45, 2.75) is 64.6 Å². The van der Waals surface area contributed by atoms with Crippen LogP contribution in [0.5, 0.6) is 5.75 Å². The molecule has 0 radical (unpaired) electrons. The van der Waals surface area contributed by atoms with Crippen LogP contribution in [0.15, 0.2) is 18.2 Å². The van der Waals surface area contributed by atoms with Crippen molar-refractivity contribution in [3.63, 3.8) is 0 Å². The summed E-state index contributed by atoms with van der Waals surface area (Å²) in [6, 6.07) is 8.63. The van der Waals surface area contributed by atoms with Crippen molar-refractivity contribution in [1.82, 2.24) is 4.90 Å². The fourth-order valence-electron chi connectivity index (χ4n) is 4.07. The van der Waals surface area contributed by atoms with Crippen LogP contribution in [0.1, 0.15) is 45.6 Å². The topological polar surface area (TPSA) is 24.5 Å². The van der Waals surface area contributed by atoms with E-state index in [4.69, 9.17) is 4.74 Å². The van der Waals surface area contributed by atoms with Gasteiger partial charge in [-0.3, -0.25) is 4.90 Å². The average molecular weight is 288 g/mol. The van der Waals surface area contributed by atoms with E-state index >= 15 is 0 Å². The molecule has 1 aromatic carbocycles. The van der Waals surface area contributed by atoms with Crippen molar-refractivity contribution in [1.29, 1.82) is 0 Å². The lowest BCUT2D eigenvalue weighted by Crippen LogP contribution is -2.49. The molecular formula is C18H28N2O. The number of fused-ring (bicyclic) bond motifs is 1. The van der Waals surface area contributed by atoms with Gasteiger partial charge in [-0.25, -0.2) is 0 Å². The Hall–Kier alpha value is -1.22. The number of likely N-dealkylation sites (tertiary alicyclic amines) is 1. The van der Waals surface area contributed by atoms with Crippen molar-refractivity contribution in [2.24, 2.45) is 0 Å². The van der Waals surface area contributed by atoms with Gasteiger partial charge in [-0.2, -0.15) is 0 Å². The minimum absolute atomic E-state index is 0.595. The number of anilines is 1. The monoisotopic (exact) mass is 288 g/mol. The zero-order valence-corrected chi connectivity index (χ0v) is 13.6. The molecule has 0 saturated carbocycles.